The Morgan fingerprint density at radius 2 is 1.81 bits per heavy atom. The molecular formula is C12H16N4. The van der Waals surface area contributed by atoms with Crippen molar-refractivity contribution in [1.82, 2.24) is 9.97 Å². The van der Waals surface area contributed by atoms with Gasteiger partial charge >= 0.3 is 0 Å². The highest BCUT2D eigenvalue weighted by atomic mass is 15.1. The predicted molar refractivity (Wildman–Crippen MR) is 67.3 cm³/mol. The zero-order valence-corrected chi connectivity index (χ0v) is 9.57. The van der Waals surface area contributed by atoms with Crippen LogP contribution in [0, 0.1) is 5.92 Å². The summed E-state index contributed by atoms with van der Waals surface area (Å²) in [7, 11) is 0. The summed E-state index contributed by atoms with van der Waals surface area (Å²) in [4.78, 5) is 8.75. The lowest BCUT2D eigenvalue weighted by Gasteiger charge is -2.10. The highest BCUT2D eigenvalue weighted by Crippen LogP contribution is 2.18. The minimum Gasteiger partial charge on any atom is -0.381 e. The average molecular weight is 216 g/mol. The molecule has 4 nitrogen and oxygen atoms in total. The van der Waals surface area contributed by atoms with Crippen molar-refractivity contribution in [2.24, 2.45) is 5.92 Å². The van der Waals surface area contributed by atoms with Crippen LogP contribution >= 0.6 is 0 Å². The minimum atomic E-state index is 0.458. The lowest BCUT2D eigenvalue weighted by Crippen LogP contribution is -2.11. The first-order valence-corrected chi connectivity index (χ1v) is 5.43. The van der Waals surface area contributed by atoms with Crippen LogP contribution in [0.3, 0.4) is 0 Å². The number of para-hydroxylation sites is 2. The normalized spacial score (nSPS) is 10.9. The molecule has 4 heteroatoms. The number of nitrogen functional groups attached to an aromatic ring is 1. The molecule has 1 aromatic heterocycles. The number of hydrogen-bond donors (Lipinski definition) is 2. The third-order valence-electron chi connectivity index (χ3n) is 2.28. The molecule has 2 rings (SSSR count). The van der Waals surface area contributed by atoms with Gasteiger partial charge in [0.15, 0.2) is 11.6 Å². The van der Waals surface area contributed by atoms with Crippen molar-refractivity contribution in [3.8, 4) is 0 Å². The van der Waals surface area contributed by atoms with Gasteiger partial charge in [-0.15, -0.1) is 0 Å². The fourth-order valence-electron chi connectivity index (χ4n) is 1.44. The highest BCUT2D eigenvalue weighted by molar-refractivity contribution is 5.79. The molecular weight excluding hydrogens is 200 g/mol. The van der Waals surface area contributed by atoms with Crippen molar-refractivity contribution in [1.29, 1.82) is 0 Å². The lowest BCUT2D eigenvalue weighted by atomic mass is 10.2. The van der Waals surface area contributed by atoms with Crippen LogP contribution in [0.25, 0.3) is 11.0 Å². The Labute approximate surface area is 94.9 Å². The molecule has 0 saturated heterocycles. The van der Waals surface area contributed by atoms with Gasteiger partial charge in [0.05, 0.1) is 11.0 Å². The zero-order valence-electron chi connectivity index (χ0n) is 9.57. The average Bonchev–Trinajstić information content (AvgIpc) is 2.26. The summed E-state index contributed by atoms with van der Waals surface area (Å²) in [5, 5.41) is 3.21. The molecule has 0 fully saturated rings. The van der Waals surface area contributed by atoms with Crippen LogP contribution in [0.1, 0.15) is 13.8 Å². The summed E-state index contributed by atoms with van der Waals surface area (Å²) in [5.74, 6) is 1.68. The van der Waals surface area contributed by atoms with Gasteiger partial charge in [0, 0.05) is 6.54 Å². The standard InChI is InChI=1S/C12H16N4/c1-8(2)7-14-12-11(13)15-9-5-3-4-6-10(9)16-12/h3-6,8H,7H2,1-2H3,(H2,13,15)(H,14,16). The number of benzene rings is 1. The Morgan fingerprint density at radius 3 is 2.44 bits per heavy atom. The van der Waals surface area contributed by atoms with Gasteiger partial charge in [-0.2, -0.15) is 0 Å². The van der Waals surface area contributed by atoms with E-state index in [9.17, 15) is 0 Å². The van der Waals surface area contributed by atoms with Crippen molar-refractivity contribution in [2.45, 2.75) is 13.8 Å². The number of rotatable bonds is 3. The molecule has 0 atom stereocenters. The van der Waals surface area contributed by atoms with E-state index in [0.717, 1.165) is 17.6 Å². The van der Waals surface area contributed by atoms with Gasteiger partial charge < -0.3 is 11.1 Å². The Bertz CT molecular complexity index is 493. The molecule has 0 aliphatic rings. The largest absolute Gasteiger partial charge is 0.381 e. The fraction of sp³-hybridized carbons (Fsp3) is 0.333. The van der Waals surface area contributed by atoms with Crippen LogP contribution in [0.4, 0.5) is 11.6 Å². The minimum absolute atomic E-state index is 0.458. The molecule has 0 saturated carbocycles. The van der Waals surface area contributed by atoms with Crippen LogP contribution in [0.15, 0.2) is 24.3 Å². The summed E-state index contributed by atoms with van der Waals surface area (Å²) in [5.41, 5.74) is 7.53. The van der Waals surface area contributed by atoms with E-state index in [1.807, 2.05) is 24.3 Å². The van der Waals surface area contributed by atoms with E-state index in [-0.39, 0.29) is 0 Å². The van der Waals surface area contributed by atoms with E-state index >= 15 is 0 Å². The Balaban J connectivity index is 2.34. The van der Waals surface area contributed by atoms with Crippen LogP contribution < -0.4 is 11.1 Å². The zero-order chi connectivity index (χ0) is 11.5. The Morgan fingerprint density at radius 1 is 1.19 bits per heavy atom. The van der Waals surface area contributed by atoms with E-state index in [1.54, 1.807) is 0 Å². The predicted octanol–water partition coefficient (Wildman–Crippen LogP) is 2.28. The van der Waals surface area contributed by atoms with Gasteiger partial charge in [0.2, 0.25) is 0 Å². The maximum Gasteiger partial charge on any atom is 0.169 e. The molecule has 1 heterocycles. The SMILES string of the molecule is CC(C)CNc1nc2ccccc2nc1N. The van der Waals surface area contributed by atoms with Gasteiger partial charge in [0.25, 0.3) is 0 Å². The lowest BCUT2D eigenvalue weighted by molar-refractivity contribution is 0.687. The molecule has 0 aliphatic heterocycles. The molecule has 16 heavy (non-hydrogen) atoms. The fourth-order valence-corrected chi connectivity index (χ4v) is 1.44. The molecule has 1 aromatic carbocycles. The Hall–Kier alpha value is -1.84. The summed E-state index contributed by atoms with van der Waals surface area (Å²) < 4.78 is 0. The number of fused-ring (bicyclic) bond motifs is 1. The van der Waals surface area contributed by atoms with E-state index in [4.69, 9.17) is 5.73 Å². The van der Waals surface area contributed by atoms with Crippen LogP contribution in [-0.4, -0.2) is 16.5 Å². The van der Waals surface area contributed by atoms with Crippen molar-refractivity contribution in [3.63, 3.8) is 0 Å². The summed E-state index contributed by atoms with van der Waals surface area (Å²) in [6.07, 6.45) is 0. The van der Waals surface area contributed by atoms with Gasteiger partial charge in [-0.25, -0.2) is 9.97 Å². The van der Waals surface area contributed by atoms with Gasteiger partial charge in [-0.1, -0.05) is 26.0 Å². The second-order valence-corrected chi connectivity index (χ2v) is 4.22. The summed E-state index contributed by atoms with van der Waals surface area (Å²) >= 11 is 0. The van der Waals surface area contributed by atoms with Crippen molar-refractivity contribution >= 4 is 22.7 Å². The monoisotopic (exact) mass is 216 g/mol. The van der Waals surface area contributed by atoms with Crippen LogP contribution in [0.2, 0.25) is 0 Å². The molecule has 0 amide bonds. The molecule has 0 aliphatic carbocycles. The Kier molecular flexibility index (Phi) is 2.90. The van der Waals surface area contributed by atoms with E-state index in [2.05, 4.69) is 29.1 Å². The molecule has 0 spiro atoms. The first-order valence-electron chi connectivity index (χ1n) is 5.43. The third-order valence-corrected chi connectivity index (χ3v) is 2.28. The topological polar surface area (TPSA) is 63.8 Å². The number of aromatic nitrogens is 2. The maximum atomic E-state index is 5.84. The molecule has 84 valence electrons. The van der Waals surface area contributed by atoms with Crippen molar-refractivity contribution in [2.75, 3.05) is 17.6 Å². The van der Waals surface area contributed by atoms with Crippen molar-refractivity contribution in [3.05, 3.63) is 24.3 Å². The second kappa shape index (κ2) is 4.35. The first-order chi connectivity index (χ1) is 7.66. The third kappa shape index (κ3) is 2.21. The van der Waals surface area contributed by atoms with Gasteiger partial charge in [0.1, 0.15) is 0 Å². The summed E-state index contributed by atoms with van der Waals surface area (Å²) in [6.45, 7) is 5.12. The van der Waals surface area contributed by atoms with Gasteiger partial charge in [-0.05, 0) is 18.1 Å². The van der Waals surface area contributed by atoms with Crippen LogP contribution in [-0.2, 0) is 0 Å². The first kappa shape index (κ1) is 10.7. The van der Waals surface area contributed by atoms with Gasteiger partial charge in [-0.3, -0.25) is 0 Å². The highest BCUT2D eigenvalue weighted by Gasteiger charge is 2.05. The van der Waals surface area contributed by atoms with E-state index < -0.39 is 0 Å². The van der Waals surface area contributed by atoms with E-state index in [0.29, 0.717) is 17.6 Å². The molecule has 3 N–H and O–H groups in total. The number of nitrogens with zero attached hydrogens (tertiary/aromatic N) is 2. The number of nitrogens with two attached hydrogens (primary N) is 1. The number of nitrogens with one attached hydrogen (secondary N) is 1. The summed E-state index contributed by atoms with van der Waals surface area (Å²) in [6, 6.07) is 7.71. The van der Waals surface area contributed by atoms with Crippen LogP contribution in [0.5, 0.6) is 0 Å². The molecule has 0 bridgehead atoms. The smallest absolute Gasteiger partial charge is 0.169 e. The second-order valence-electron chi connectivity index (χ2n) is 4.22. The molecule has 0 radical (unpaired) electrons. The molecule has 0 unspecified atom stereocenters. The number of anilines is 2. The van der Waals surface area contributed by atoms with Crippen molar-refractivity contribution < 1.29 is 0 Å². The van der Waals surface area contributed by atoms with E-state index in [1.165, 1.54) is 0 Å². The quantitative estimate of drug-likeness (QED) is 0.826. The number of hydrogen-bond acceptors (Lipinski definition) is 4. The molecule has 2 aromatic rings. The maximum absolute atomic E-state index is 5.84.